The van der Waals surface area contributed by atoms with E-state index in [0.29, 0.717) is 6.42 Å². The van der Waals surface area contributed by atoms with E-state index in [4.69, 9.17) is 5.26 Å². The van der Waals surface area contributed by atoms with Gasteiger partial charge in [-0.2, -0.15) is 9.98 Å². The predicted octanol–water partition coefficient (Wildman–Crippen LogP) is 1.57. The van der Waals surface area contributed by atoms with Crippen LogP contribution in [0.5, 0.6) is 0 Å². The van der Waals surface area contributed by atoms with Crippen molar-refractivity contribution in [2.75, 3.05) is 7.11 Å². The fourth-order valence-electron chi connectivity index (χ4n) is 2.06. The van der Waals surface area contributed by atoms with E-state index in [2.05, 4.69) is 9.46 Å². The summed E-state index contributed by atoms with van der Waals surface area (Å²) in [5, 5.41) is 9.00. The summed E-state index contributed by atoms with van der Waals surface area (Å²) in [5.41, 5.74) is -1.35. The molecule has 6 nitrogen and oxygen atoms in total. The van der Waals surface area contributed by atoms with Crippen molar-refractivity contribution in [1.82, 2.24) is 4.72 Å². The molecule has 0 aliphatic carbocycles. The van der Waals surface area contributed by atoms with E-state index in [9.17, 15) is 13.2 Å². The van der Waals surface area contributed by atoms with Crippen LogP contribution in [0.15, 0.2) is 29.2 Å². The largest absolute Gasteiger partial charge is 0.468 e. The number of nitrogens with zero attached hydrogens (tertiary/aromatic N) is 1. The van der Waals surface area contributed by atoms with Crippen LogP contribution in [0, 0.1) is 11.3 Å². The lowest BCUT2D eigenvalue weighted by Gasteiger charge is -2.27. The Morgan fingerprint density at radius 1 is 1.43 bits per heavy atom. The van der Waals surface area contributed by atoms with Gasteiger partial charge in [0, 0.05) is 0 Å². The average Bonchev–Trinajstić information content (AvgIpc) is 2.45. The number of methoxy groups -OCH3 is 1. The number of esters is 1. The second kappa shape index (κ2) is 6.70. The molecule has 7 heteroatoms. The Morgan fingerprint density at radius 2 is 2.05 bits per heavy atom. The molecule has 0 bridgehead atoms. The van der Waals surface area contributed by atoms with Gasteiger partial charge < -0.3 is 4.74 Å². The van der Waals surface area contributed by atoms with Crippen molar-refractivity contribution < 1.29 is 17.9 Å². The van der Waals surface area contributed by atoms with Crippen molar-refractivity contribution in [2.45, 2.75) is 37.1 Å². The molecule has 0 saturated heterocycles. The number of sulfonamides is 1. The molecule has 0 radical (unpaired) electrons. The molecular weight excluding hydrogens is 292 g/mol. The molecule has 0 spiro atoms. The van der Waals surface area contributed by atoms with E-state index in [1.165, 1.54) is 32.2 Å². The molecule has 1 aromatic carbocycles. The molecule has 0 heterocycles. The highest BCUT2D eigenvalue weighted by atomic mass is 32.2. The van der Waals surface area contributed by atoms with Gasteiger partial charge in [-0.15, -0.1) is 0 Å². The summed E-state index contributed by atoms with van der Waals surface area (Å²) in [5.74, 6) is -0.664. The molecule has 0 saturated carbocycles. The summed E-state index contributed by atoms with van der Waals surface area (Å²) >= 11 is 0. The molecule has 0 fully saturated rings. The molecule has 21 heavy (non-hydrogen) atoms. The smallest absolute Gasteiger partial charge is 0.326 e. The highest BCUT2D eigenvalue weighted by molar-refractivity contribution is 7.89. The van der Waals surface area contributed by atoms with Crippen molar-refractivity contribution >= 4 is 16.0 Å². The van der Waals surface area contributed by atoms with Crippen LogP contribution in [-0.2, 0) is 19.6 Å². The SMILES string of the molecule is CCCC(C)(NS(=O)(=O)c1ccccc1C#N)C(=O)OC. The molecule has 1 rings (SSSR count). The summed E-state index contributed by atoms with van der Waals surface area (Å²) in [6.07, 6.45) is 0.877. The summed E-state index contributed by atoms with van der Waals surface area (Å²) < 4.78 is 31.9. The fraction of sp³-hybridized carbons (Fsp3) is 0.429. The molecule has 0 aliphatic heterocycles. The first-order valence-corrected chi connectivity index (χ1v) is 7.90. The highest BCUT2D eigenvalue weighted by Crippen LogP contribution is 2.21. The Hall–Kier alpha value is -1.91. The number of nitrogens with one attached hydrogen (secondary N) is 1. The van der Waals surface area contributed by atoms with Crippen LogP contribution in [0.3, 0.4) is 0 Å². The molecule has 1 aromatic rings. The minimum Gasteiger partial charge on any atom is -0.468 e. The van der Waals surface area contributed by atoms with Gasteiger partial charge in [-0.1, -0.05) is 25.5 Å². The molecule has 114 valence electrons. The normalized spacial score (nSPS) is 14.0. The van der Waals surface area contributed by atoms with Gasteiger partial charge >= 0.3 is 5.97 Å². The Bertz CT molecular complexity index is 664. The fourth-order valence-corrected chi connectivity index (χ4v) is 3.61. The third-order valence-corrected chi connectivity index (χ3v) is 4.70. The number of benzene rings is 1. The van der Waals surface area contributed by atoms with E-state index >= 15 is 0 Å². The second-order valence-electron chi connectivity index (χ2n) is 4.79. The van der Waals surface area contributed by atoms with Gasteiger partial charge in [-0.25, -0.2) is 8.42 Å². The summed E-state index contributed by atoms with van der Waals surface area (Å²) in [4.78, 5) is 11.7. The number of carbonyl (C=O) groups is 1. The third-order valence-electron chi connectivity index (χ3n) is 3.04. The monoisotopic (exact) mass is 310 g/mol. The average molecular weight is 310 g/mol. The van der Waals surface area contributed by atoms with Gasteiger partial charge in [0.25, 0.3) is 0 Å². The topological polar surface area (TPSA) is 96.3 Å². The van der Waals surface area contributed by atoms with E-state index in [0.717, 1.165) is 0 Å². The first-order valence-electron chi connectivity index (χ1n) is 6.42. The lowest BCUT2D eigenvalue weighted by Crippen LogP contribution is -2.52. The van der Waals surface area contributed by atoms with Crippen LogP contribution in [0.2, 0.25) is 0 Å². The lowest BCUT2D eigenvalue weighted by atomic mass is 9.98. The first kappa shape index (κ1) is 17.1. The number of nitriles is 1. The van der Waals surface area contributed by atoms with Gasteiger partial charge in [0.05, 0.1) is 17.6 Å². The molecule has 1 atom stereocenters. The standard InChI is InChI=1S/C14H18N2O4S/c1-4-9-14(2,13(17)20-3)16-21(18,19)12-8-6-5-7-11(12)10-15/h5-8,16H,4,9H2,1-3H3. The highest BCUT2D eigenvalue weighted by Gasteiger charge is 2.38. The minimum absolute atomic E-state index is 0.0220. The van der Waals surface area contributed by atoms with Crippen LogP contribution in [0.1, 0.15) is 32.3 Å². The number of ether oxygens (including phenoxy) is 1. The minimum atomic E-state index is -4.01. The maximum atomic E-state index is 12.5. The molecule has 1 N–H and O–H groups in total. The van der Waals surface area contributed by atoms with Crippen LogP contribution in [-0.4, -0.2) is 27.0 Å². The van der Waals surface area contributed by atoms with Crippen molar-refractivity contribution in [1.29, 1.82) is 5.26 Å². The molecule has 0 aromatic heterocycles. The van der Waals surface area contributed by atoms with E-state index < -0.39 is 21.5 Å². The van der Waals surface area contributed by atoms with Crippen LogP contribution in [0.4, 0.5) is 0 Å². The molecule has 0 amide bonds. The predicted molar refractivity (Wildman–Crippen MR) is 76.8 cm³/mol. The van der Waals surface area contributed by atoms with Gasteiger partial charge in [-0.3, -0.25) is 4.79 Å². The Morgan fingerprint density at radius 3 is 2.57 bits per heavy atom. The van der Waals surface area contributed by atoms with Crippen molar-refractivity contribution in [3.05, 3.63) is 29.8 Å². The second-order valence-corrected chi connectivity index (χ2v) is 6.44. The van der Waals surface area contributed by atoms with E-state index in [-0.39, 0.29) is 16.9 Å². The zero-order valence-electron chi connectivity index (χ0n) is 12.2. The maximum Gasteiger partial charge on any atom is 0.326 e. The Labute approximate surface area is 124 Å². The number of carbonyl (C=O) groups excluding carboxylic acids is 1. The Kier molecular flexibility index (Phi) is 5.47. The zero-order valence-corrected chi connectivity index (χ0v) is 13.0. The molecular formula is C14H18N2O4S. The van der Waals surface area contributed by atoms with Crippen molar-refractivity contribution in [3.63, 3.8) is 0 Å². The summed E-state index contributed by atoms with van der Waals surface area (Å²) in [7, 11) is -2.81. The summed E-state index contributed by atoms with van der Waals surface area (Å²) in [6.45, 7) is 3.30. The number of hydrogen-bond acceptors (Lipinski definition) is 5. The zero-order chi connectivity index (χ0) is 16.1. The molecule has 0 aliphatic rings. The van der Waals surface area contributed by atoms with E-state index in [1.807, 2.05) is 13.0 Å². The summed E-state index contributed by atoms with van der Waals surface area (Å²) in [6, 6.07) is 7.65. The van der Waals surface area contributed by atoms with Gasteiger partial charge in [0.2, 0.25) is 10.0 Å². The van der Waals surface area contributed by atoms with E-state index in [1.54, 1.807) is 6.07 Å². The van der Waals surface area contributed by atoms with Crippen LogP contribution in [0.25, 0.3) is 0 Å². The van der Waals surface area contributed by atoms with Crippen molar-refractivity contribution in [2.24, 2.45) is 0 Å². The third kappa shape index (κ3) is 3.80. The van der Waals surface area contributed by atoms with Crippen LogP contribution < -0.4 is 4.72 Å². The lowest BCUT2D eigenvalue weighted by molar-refractivity contribution is -0.147. The molecule has 1 unspecified atom stereocenters. The van der Waals surface area contributed by atoms with Crippen molar-refractivity contribution in [3.8, 4) is 6.07 Å². The maximum absolute atomic E-state index is 12.5. The van der Waals surface area contributed by atoms with Crippen LogP contribution >= 0.6 is 0 Å². The van der Waals surface area contributed by atoms with Gasteiger partial charge in [0.1, 0.15) is 11.6 Å². The van der Waals surface area contributed by atoms with Gasteiger partial charge in [0.15, 0.2) is 0 Å². The quantitative estimate of drug-likeness (QED) is 0.804. The Balaban J connectivity index is 3.25. The number of rotatable bonds is 6. The number of hydrogen-bond donors (Lipinski definition) is 1. The first-order chi connectivity index (χ1) is 9.80. The van der Waals surface area contributed by atoms with Gasteiger partial charge in [-0.05, 0) is 25.5 Å².